The molecule has 19 heavy (non-hydrogen) atoms. The van der Waals surface area contributed by atoms with E-state index in [1.807, 2.05) is 18.3 Å². The highest BCUT2D eigenvalue weighted by Crippen LogP contribution is 2.41. The number of pyridine rings is 1. The van der Waals surface area contributed by atoms with E-state index in [0.717, 1.165) is 35.6 Å². The first kappa shape index (κ1) is 12.3. The van der Waals surface area contributed by atoms with Crippen molar-refractivity contribution in [1.82, 2.24) is 10.3 Å². The number of hydrogen-bond donors (Lipinski definition) is 2. The monoisotopic (exact) mass is 273 g/mol. The van der Waals surface area contributed by atoms with Crippen molar-refractivity contribution in [3.05, 3.63) is 35.0 Å². The molecule has 0 fully saturated rings. The molecule has 98 valence electrons. The molecule has 0 aromatic carbocycles. The van der Waals surface area contributed by atoms with Crippen molar-refractivity contribution in [1.29, 1.82) is 0 Å². The van der Waals surface area contributed by atoms with Crippen molar-refractivity contribution in [2.75, 3.05) is 11.9 Å². The van der Waals surface area contributed by atoms with Gasteiger partial charge in [0, 0.05) is 41.9 Å². The standard InChI is InChI=1S/C14H15N3OS/c1-9(18)17-14-13(10-3-2-5-15-7-10)11-4-6-16-8-12(11)19-14/h2-3,5,7,16H,4,6,8H2,1H3,(H,17,18). The van der Waals surface area contributed by atoms with Crippen LogP contribution < -0.4 is 10.6 Å². The van der Waals surface area contributed by atoms with Gasteiger partial charge in [-0.2, -0.15) is 0 Å². The lowest BCUT2D eigenvalue weighted by Gasteiger charge is -2.14. The van der Waals surface area contributed by atoms with Crippen LogP contribution in [0.2, 0.25) is 0 Å². The van der Waals surface area contributed by atoms with Crippen molar-refractivity contribution < 1.29 is 4.79 Å². The Bertz CT molecular complexity index is 607. The number of carbonyl (C=O) groups is 1. The minimum Gasteiger partial charge on any atom is -0.317 e. The van der Waals surface area contributed by atoms with Gasteiger partial charge in [-0.1, -0.05) is 6.07 Å². The Hall–Kier alpha value is -1.72. The van der Waals surface area contributed by atoms with Gasteiger partial charge in [-0.25, -0.2) is 0 Å². The van der Waals surface area contributed by atoms with Crippen LogP contribution in [-0.2, 0) is 17.8 Å². The first-order chi connectivity index (χ1) is 9.25. The minimum atomic E-state index is -0.0308. The fourth-order valence-corrected chi connectivity index (χ4v) is 3.68. The molecule has 0 spiro atoms. The van der Waals surface area contributed by atoms with Crippen LogP contribution in [0.25, 0.3) is 11.1 Å². The van der Waals surface area contributed by atoms with E-state index in [-0.39, 0.29) is 5.91 Å². The van der Waals surface area contributed by atoms with E-state index in [9.17, 15) is 4.79 Å². The third-order valence-corrected chi connectivity index (χ3v) is 4.32. The Morgan fingerprint density at radius 1 is 1.53 bits per heavy atom. The molecule has 5 heteroatoms. The van der Waals surface area contributed by atoms with Gasteiger partial charge in [0.2, 0.25) is 5.91 Å². The molecular weight excluding hydrogens is 258 g/mol. The first-order valence-corrected chi connectivity index (χ1v) is 7.10. The second-order valence-electron chi connectivity index (χ2n) is 4.56. The Kier molecular flexibility index (Phi) is 3.31. The number of aromatic nitrogens is 1. The SMILES string of the molecule is CC(=O)Nc1sc2c(c1-c1cccnc1)CCNC2. The largest absolute Gasteiger partial charge is 0.317 e. The summed E-state index contributed by atoms with van der Waals surface area (Å²) in [5.74, 6) is -0.0308. The van der Waals surface area contributed by atoms with Crippen LogP contribution in [0.1, 0.15) is 17.4 Å². The summed E-state index contributed by atoms with van der Waals surface area (Å²) < 4.78 is 0. The molecule has 2 N–H and O–H groups in total. The number of rotatable bonds is 2. The quantitative estimate of drug-likeness (QED) is 0.883. The molecule has 1 aliphatic heterocycles. The van der Waals surface area contributed by atoms with Gasteiger partial charge in [-0.3, -0.25) is 9.78 Å². The molecule has 0 atom stereocenters. The van der Waals surface area contributed by atoms with E-state index < -0.39 is 0 Å². The Morgan fingerprint density at radius 2 is 2.42 bits per heavy atom. The average molecular weight is 273 g/mol. The third-order valence-electron chi connectivity index (χ3n) is 3.17. The molecule has 4 nitrogen and oxygen atoms in total. The minimum absolute atomic E-state index is 0.0308. The highest BCUT2D eigenvalue weighted by atomic mass is 32.1. The Labute approximate surface area is 115 Å². The number of thiophene rings is 1. The second kappa shape index (κ2) is 5.11. The molecule has 0 saturated heterocycles. The normalized spacial score (nSPS) is 13.9. The molecule has 0 radical (unpaired) electrons. The topological polar surface area (TPSA) is 54.0 Å². The van der Waals surface area contributed by atoms with Crippen LogP contribution in [0.5, 0.6) is 0 Å². The molecule has 3 rings (SSSR count). The van der Waals surface area contributed by atoms with Crippen molar-refractivity contribution in [3.63, 3.8) is 0 Å². The van der Waals surface area contributed by atoms with Gasteiger partial charge in [0.25, 0.3) is 0 Å². The highest BCUT2D eigenvalue weighted by molar-refractivity contribution is 7.17. The van der Waals surface area contributed by atoms with Crippen LogP contribution in [0.4, 0.5) is 5.00 Å². The number of nitrogens with zero attached hydrogens (tertiary/aromatic N) is 1. The number of anilines is 1. The molecule has 0 aliphatic carbocycles. The third kappa shape index (κ3) is 2.39. The van der Waals surface area contributed by atoms with E-state index >= 15 is 0 Å². The molecule has 0 bridgehead atoms. The van der Waals surface area contributed by atoms with Crippen molar-refractivity contribution >= 4 is 22.2 Å². The number of hydrogen-bond acceptors (Lipinski definition) is 4. The summed E-state index contributed by atoms with van der Waals surface area (Å²) in [5.41, 5.74) is 3.57. The smallest absolute Gasteiger partial charge is 0.221 e. The summed E-state index contributed by atoms with van der Waals surface area (Å²) in [6, 6.07) is 3.97. The van der Waals surface area contributed by atoms with Crippen molar-refractivity contribution in [3.8, 4) is 11.1 Å². The van der Waals surface area contributed by atoms with Gasteiger partial charge < -0.3 is 10.6 Å². The predicted molar refractivity (Wildman–Crippen MR) is 77.3 cm³/mol. The summed E-state index contributed by atoms with van der Waals surface area (Å²) in [5, 5.41) is 7.26. The number of nitrogens with one attached hydrogen (secondary N) is 2. The zero-order valence-electron chi connectivity index (χ0n) is 10.7. The summed E-state index contributed by atoms with van der Waals surface area (Å²) in [6.07, 6.45) is 4.62. The Balaban J connectivity index is 2.14. The zero-order chi connectivity index (χ0) is 13.2. The molecule has 3 heterocycles. The van der Waals surface area contributed by atoms with Crippen molar-refractivity contribution in [2.45, 2.75) is 19.9 Å². The van der Waals surface area contributed by atoms with Gasteiger partial charge in [0.15, 0.2) is 0 Å². The van der Waals surface area contributed by atoms with E-state index in [4.69, 9.17) is 0 Å². The number of carbonyl (C=O) groups excluding carboxylic acids is 1. The van der Waals surface area contributed by atoms with Crippen LogP contribution in [-0.4, -0.2) is 17.4 Å². The first-order valence-electron chi connectivity index (χ1n) is 6.29. The summed E-state index contributed by atoms with van der Waals surface area (Å²) in [7, 11) is 0. The number of fused-ring (bicyclic) bond motifs is 1. The van der Waals surface area contributed by atoms with Crippen molar-refractivity contribution in [2.24, 2.45) is 0 Å². The summed E-state index contributed by atoms with van der Waals surface area (Å²) in [4.78, 5) is 16.9. The van der Waals surface area contributed by atoms with Crippen LogP contribution in [0.15, 0.2) is 24.5 Å². The van der Waals surface area contributed by atoms with E-state index in [0.29, 0.717) is 0 Å². The average Bonchev–Trinajstić information content (AvgIpc) is 2.76. The van der Waals surface area contributed by atoms with Crippen LogP contribution in [0.3, 0.4) is 0 Å². The molecule has 0 unspecified atom stereocenters. The maximum Gasteiger partial charge on any atom is 0.221 e. The van der Waals surface area contributed by atoms with Gasteiger partial charge in [-0.15, -0.1) is 11.3 Å². The van der Waals surface area contributed by atoms with Gasteiger partial charge >= 0.3 is 0 Å². The maximum atomic E-state index is 11.4. The van der Waals surface area contributed by atoms with Crippen LogP contribution in [0, 0.1) is 0 Å². The molecular formula is C14H15N3OS. The highest BCUT2D eigenvalue weighted by Gasteiger charge is 2.22. The summed E-state index contributed by atoms with van der Waals surface area (Å²) in [6.45, 7) is 3.41. The second-order valence-corrected chi connectivity index (χ2v) is 5.66. The maximum absolute atomic E-state index is 11.4. The lowest BCUT2D eigenvalue weighted by atomic mass is 9.99. The molecule has 2 aromatic heterocycles. The van der Waals surface area contributed by atoms with Crippen LogP contribution >= 0.6 is 11.3 Å². The van der Waals surface area contributed by atoms with E-state index in [1.54, 1.807) is 24.5 Å². The van der Waals surface area contributed by atoms with Gasteiger partial charge in [0.1, 0.15) is 5.00 Å². The molecule has 1 aliphatic rings. The Morgan fingerprint density at radius 3 is 3.16 bits per heavy atom. The molecule has 1 amide bonds. The predicted octanol–water partition coefficient (Wildman–Crippen LogP) is 2.41. The van der Waals surface area contributed by atoms with Gasteiger partial charge in [-0.05, 0) is 24.6 Å². The fourth-order valence-electron chi connectivity index (χ4n) is 2.40. The lowest BCUT2D eigenvalue weighted by molar-refractivity contribution is -0.114. The van der Waals surface area contributed by atoms with E-state index in [2.05, 4.69) is 15.6 Å². The lowest BCUT2D eigenvalue weighted by Crippen LogP contribution is -2.22. The summed E-state index contributed by atoms with van der Waals surface area (Å²) >= 11 is 1.66. The van der Waals surface area contributed by atoms with Gasteiger partial charge in [0.05, 0.1) is 0 Å². The molecule has 0 saturated carbocycles. The van der Waals surface area contributed by atoms with E-state index in [1.165, 1.54) is 10.4 Å². The number of amides is 1. The molecule has 2 aromatic rings. The zero-order valence-corrected chi connectivity index (χ0v) is 11.5. The fraction of sp³-hybridized carbons (Fsp3) is 0.286.